The highest BCUT2D eigenvalue weighted by Crippen LogP contribution is 2.25. The molecular formula is C17H24N4OS. The number of aromatic nitrogens is 2. The Morgan fingerprint density at radius 3 is 2.74 bits per heavy atom. The van der Waals surface area contributed by atoms with E-state index < -0.39 is 0 Å². The summed E-state index contributed by atoms with van der Waals surface area (Å²) in [6, 6.07) is 11.2. The van der Waals surface area contributed by atoms with Gasteiger partial charge in [0, 0.05) is 44.3 Å². The standard InChI is InChI=1S/C17H24N4OS/c1-13(22-2)16-19-17(23-20-16)21-10-8-15(9-11-21)18-12-14-6-4-3-5-7-14/h3-7,13,15,18H,8-12H2,1-2H3. The molecule has 1 N–H and O–H groups in total. The number of hydrogen-bond acceptors (Lipinski definition) is 6. The summed E-state index contributed by atoms with van der Waals surface area (Å²) in [6.07, 6.45) is 2.24. The number of anilines is 1. The van der Waals surface area contributed by atoms with Gasteiger partial charge in [0.2, 0.25) is 5.13 Å². The Hall–Kier alpha value is -1.50. The third-order valence-corrected chi connectivity index (χ3v) is 5.14. The predicted molar refractivity (Wildman–Crippen MR) is 93.8 cm³/mol. The summed E-state index contributed by atoms with van der Waals surface area (Å²) < 4.78 is 9.69. The summed E-state index contributed by atoms with van der Waals surface area (Å²) in [4.78, 5) is 6.95. The van der Waals surface area contributed by atoms with Gasteiger partial charge in [-0.1, -0.05) is 30.3 Å². The highest BCUT2D eigenvalue weighted by molar-refractivity contribution is 7.09. The van der Waals surface area contributed by atoms with Crippen molar-refractivity contribution >= 4 is 16.7 Å². The molecule has 3 rings (SSSR count). The Kier molecular flexibility index (Phi) is 5.59. The van der Waals surface area contributed by atoms with Gasteiger partial charge in [-0.2, -0.15) is 4.37 Å². The number of nitrogens with zero attached hydrogens (tertiary/aromatic N) is 3. The molecule has 5 nitrogen and oxygen atoms in total. The van der Waals surface area contributed by atoms with Gasteiger partial charge < -0.3 is 15.0 Å². The van der Waals surface area contributed by atoms with Crippen LogP contribution in [0.3, 0.4) is 0 Å². The van der Waals surface area contributed by atoms with Gasteiger partial charge in [0.25, 0.3) is 0 Å². The topological polar surface area (TPSA) is 50.3 Å². The highest BCUT2D eigenvalue weighted by atomic mass is 32.1. The third kappa shape index (κ3) is 4.28. The molecule has 1 atom stereocenters. The van der Waals surface area contributed by atoms with Crippen LogP contribution in [0.25, 0.3) is 0 Å². The van der Waals surface area contributed by atoms with E-state index in [1.807, 2.05) is 6.92 Å². The molecule has 1 aromatic carbocycles. The highest BCUT2D eigenvalue weighted by Gasteiger charge is 2.22. The Balaban J connectivity index is 1.47. The van der Waals surface area contributed by atoms with Gasteiger partial charge in [-0.15, -0.1) is 0 Å². The molecule has 1 aromatic heterocycles. The summed E-state index contributed by atoms with van der Waals surface area (Å²) >= 11 is 1.48. The lowest BCUT2D eigenvalue weighted by Crippen LogP contribution is -2.42. The minimum Gasteiger partial charge on any atom is -0.374 e. The fourth-order valence-electron chi connectivity index (χ4n) is 2.76. The van der Waals surface area contributed by atoms with Crippen LogP contribution in [0, 0.1) is 0 Å². The van der Waals surface area contributed by atoms with Gasteiger partial charge in [-0.05, 0) is 25.3 Å². The first kappa shape index (κ1) is 16.4. The number of piperidine rings is 1. The molecule has 0 bridgehead atoms. The van der Waals surface area contributed by atoms with Crippen molar-refractivity contribution < 1.29 is 4.74 Å². The molecule has 2 heterocycles. The van der Waals surface area contributed by atoms with E-state index in [-0.39, 0.29) is 6.10 Å². The molecule has 1 unspecified atom stereocenters. The molecule has 1 fully saturated rings. The van der Waals surface area contributed by atoms with Gasteiger partial charge in [0.15, 0.2) is 5.82 Å². The zero-order chi connectivity index (χ0) is 16.1. The maximum atomic E-state index is 5.28. The Morgan fingerprint density at radius 1 is 1.30 bits per heavy atom. The Labute approximate surface area is 141 Å². The zero-order valence-corrected chi connectivity index (χ0v) is 14.6. The fraction of sp³-hybridized carbons (Fsp3) is 0.529. The van der Waals surface area contributed by atoms with E-state index in [1.54, 1.807) is 7.11 Å². The molecule has 124 valence electrons. The smallest absolute Gasteiger partial charge is 0.205 e. The normalized spacial score (nSPS) is 17.4. The van der Waals surface area contributed by atoms with Crippen LogP contribution in [0.15, 0.2) is 30.3 Å². The van der Waals surface area contributed by atoms with Crippen molar-refractivity contribution in [3.8, 4) is 0 Å². The number of hydrogen-bond donors (Lipinski definition) is 1. The molecular weight excluding hydrogens is 308 g/mol. The first-order valence-electron chi connectivity index (χ1n) is 8.15. The van der Waals surface area contributed by atoms with Crippen molar-refractivity contribution in [2.24, 2.45) is 0 Å². The van der Waals surface area contributed by atoms with Gasteiger partial charge in [0.05, 0.1) is 0 Å². The van der Waals surface area contributed by atoms with Crippen LogP contribution in [0.4, 0.5) is 5.13 Å². The number of nitrogens with one attached hydrogen (secondary N) is 1. The van der Waals surface area contributed by atoms with Crippen LogP contribution in [0.5, 0.6) is 0 Å². The predicted octanol–water partition coefficient (Wildman–Crippen LogP) is 3.00. The van der Waals surface area contributed by atoms with E-state index in [2.05, 4.69) is 49.9 Å². The molecule has 1 aliphatic rings. The third-order valence-electron chi connectivity index (χ3n) is 4.35. The molecule has 0 amide bonds. The molecule has 0 saturated carbocycles. The van der Waals surface area contributed by atoms with Crippen LogP contribution < -0.4 is 10.2 Å². The van der Waals surface area contributed by atoms with Crippen molar-refractivity contribution in [1.82, 2.24) is 14.7 Å². The second-order valence-corrected chi connectivity index (χ2v) is 6.67. The number of methoxy groups -OCH3 is 1. The Morgan fingerprint density at radius 2 is 2.04 bits per heavy atom. The zero-order valence-electron chi connectivity index (χ0n) is 13.7. The van der Waals surface area contributed by atoms with Crippen molar-refractivity contribution in [3.63, 3.8) is 0 Å². The lowest BCUT2D eigenvalue weighted by atomic mass is 10.1. The van der Waals surface area contributed by atoms with Crippen LogP contribution in [-0.4, -0.2) is 35.6 Å². The minimum atomic E-state index is -0.0370. The lowest BCUT2D eigenvalue weighted by Gasteiger charge is -2.32. The first-order chi connectivity index (χ1) is 11.3. The summed E-state index contributed by atoms with van der Waals surface area (Å²) in [5.41, 5.74) is 1.34. The molecule has 2 aromatic rings. The van der Waals surface area contributed by atoms with Gasteiger partial charge in [0.1, 0.15) is 6.10 Å². The molecule has 0 aliphatic carbocycles. The summed E-state index contributed by atoms with van der Waals surface area (Å²) in [5.74, 6) is 0.789. The first-order valence-corrected chi connectivity index (χ1v) is 8.92. The molecule has 0 spiro atoms. The maximum absolute atomic E-state index is 5.28. The van der Waals surface area contributed by atoms with Crippen molar-refractivity contribution in [3.05, 3.63) is 41.7 Å². The van der Waals surface area contributed by atoms with Crippen molar-refractivity contribution in [2.45, 2.75) is 38.5 Å². The minimum absolute atomic E-state index is 0.0370. The molecule has 23 heavy (non-hydrogen) atoms. The molecule has 1 aliphatic heterocycles. The number of rotatable bonds is 6. The van der Waals surface area contributed by atoms with Crippen molar-refractivity contribution in [1.29, 1.82) is 0 Å². The van der Waals surface area contributed by atoms with E-state index in [0.717, 1.165) is 43.4 Å². The van der Waals surface area contributed by atoms with Gasteiger partial charge in [-0.25, -0.2) is 4.98 Å². The lowest BCUT2D eigenvalue weighted by molar-refractivity contribution is 0.113. The van der Waals surface area contributed by atoms with Crippen LogP contribution in [-0.2, 0) is 11.3 Å². The van der Waals surface area contributed by atoms with Crippen LogP contribution in [0.2, 0.25) is 0 Å². The quantitative estimate of drug-likeness (QED) is 0.881. The second-order valence-electron chi connectivity index (χ2n) is 5.94. The molecule has 0 radical (unpaired) electrons. The van der Waals surface area contributed by atoms with Gasteiger partial charge >= 0.3 is 0 Å². The summed E-state index contributed by atoms with van der Waals surface area (Å²) in [7, 11) is 1.69. The maximum Gasteiger partial charge on any atom is 0.205 e. The van der Waals surface area contributed by atoms with Crippen LogP contribution >= 0.6 is 11.5 Å². The summed E-state index contributed by atoms with van der Waals surface area (Å²) in [6.45, 7) is 4.98. The second kappa shape index (κ2) is 7.86. The monoisotopic (exact) mass is 332 g/mol. The fourth-order valence-corrected chi connectivity index (χ4v) is 3.56. The van der Waals surface area contributed by atoms with Crippen molar-refractivity contribution in [2.75, 3.05) is 25.1 Å². The number of benzene rings is 1. The molecule has 1 saturated heterocycles. The van der Waals surface area contributed by atoms with E-state index in [0.29, 0.717) is 6.04 Å². The Bertz CT molecular complexity index is 596. The summed E-state index contributed by atoms with van der Waals surface area (Å²) in [5, 5.41) is 4.68. The van der Waals surface area contributed by atoms with E-state index in [4.69, 9.17) is 4.74 Å². The average molecular weight is 332 g/mol. The SMILES string of the molecule is COC(C)c1nsc(N2CCC(NCc3ccccc3)CC2)n1. The van der Waals surface area contributed by atoms with Gasteiger partial charge in [-0.3, -0.25) is 0 Å². The molecule has 6 heteroatoms. The van der Waals surface area contributed by atoms with E-state index in [1.165, 1.54) is 17.1 Å². The van der Waals surface area contributed by atoms with E-state index in [9.17, 15) is 0 Å². The van der Waals surface area contributed by atoms with Crippen LogP contribution in [0.1, 0.15) is 37.3 Å². The van der Waals surface area contributed by atoms with E-state index >= 15 is 0 Å². The largest absolute Gasteiger partial charge is 0.374 e. The number of ether oxygens (including phenoxy) is 1. The average Bonchev–Trinajstić information content (AvgIpc) is 3.11.